The predicted molar refractivity (Wildman–Crippen MR) is 87.9 cm³/mol. The third-order valence-corrected chi connectivity index (χ3v) is 4.74. The van der Waals surface area contributed by atoms with Crippen molar-refractivity contribution in [3.05, 3.63) is 72.4 Å². The average Bonchev–Trinajstić information content (AvgIpc) is 2.89. The molecule has 0 N–H and O–H groups in total. The topological polar surface area (TPSA) is 39.1 Å². The Morgan fingerprint density at radius 2 is 1.55 bits per heavy atom. The maximum absolute atomic E-state index is 11.6. The third-order valence-electron chi connectivity index (χ3n) is 3.61. The lowest BCUT2D eigenvalue weighted by molar-refractivity contribution is 0.602. The maximum Gasteiger partial charge on any atom is 0.175 e. The van der Waals surface area contributed by atoms with Crippen LogP contribution in [-0.2, 0) is 9.84 Å². The molecule has 0 saturated heterocycles. The number of sulfone groups is 1. The normalized spacial score (nSPS) is 11.5. The van der Waals surface area contributed by atoms with Crippen LogP contribution in [0.5, 0.6) is 0 Å². The van der Waals surface area contributed by atoms with Gasteiger partial charge in [0, 0.05) is 17.6 Å². The number of benzene rings is 2. The first-order valence-corrected chi connectivity index (χ1v) is 8.81. The van der Waals surface area contributed by atoms with Gasteiger partial charge in [-0.15, -0.1) is 0 Å². The van der Waals surface area contributed by atoms with E-state index < -0.39 is 9.84 Å². The molecule has 0 amide bonds. The highest BCUT2D eigenvalue weighted by atomic mass is 32.2. The van der Waals surface area contributed by atoms with Crippen LogP contribution in [0.3, 0.4) is 0 Å². The molecule has 0 atom stereocenters. The van der Waals surface area contributed by atoms with Gasteiger partial charge < -0.3 is 4.57 Å². The summed E-state index contributed by atoms with van der Waals surface area (Å²) in [7, 11) is -3.17. The monoisotopic (exact) mass is 310 g/mol. The first kappa shape index (κ1) is 14.6. The van der Waals surface area contributed by atoms with Gasteiger partial charge in [-0.3, -0.25) is 0 Å². The van der Waals surface area contributed by atoms with E-state index in [1.54, 1.807) is 12.1 Å². The van der Waals surface area contributed by atoms with Crippen molar-refractivity contribution in [1.29, 1.82) is 0 Å². The molecule has 2 aromatic carbocycles. The number of rotatable bonds is 3. The molecule has 1 aromatic heterocycles. The molecular formula is C18H16NO2S. The first-order valence-electron chi connectivity index (χ1n) is 6.92. The lowest BCUT2D eigenvalue weighted by Gasteiger charge is -2.12. The maximum atomic E-state index is 11.6. The predicted octanol–water partition coefficient (Wildman–Crippen LogP) is 3.66. The molecule has 0 fully saturated rings. The van der Waals surface area contributed by atoms with E-state index >= 15 is 0 Å². The fourth-order valence-corrected chi connectivity index (χ4v) is 3.14. The molecule has 0 bridgehead atoms. The zero-order chi connectivity index (χ0) is 15.7. The summed E-state index contributed by atoms with van der Waals surface area (Å²) in [6.07, 6.45) is 1.22. The van der Waals surface area contributed by atoms with Gasteiger partial charge in [-0.25, -0.2) is 8.42 Å². The fraction of sp³-hybridized carbons (Fsp3) is 0.111. The minimum Gasteiger partial charge on any atom is -0.314 e. The van der Waals surface area contributed by atoms with E-state index in [0.29, 0.717) is 4.90 Å². The Labute approximate surface area is 130 Å². The van der Waals surface area contributed by atoms with Gasteiger partial charge >= 0.3 is 0 Å². The molecule has 0 aliphatic rings. The van der Waals surface area contributed by atoms with Gasteiger partial charge in [-0.1, -0.05) is 24.3 Å². The molecular weight excluding hydrogens is 294 g/mol. The molecule has 1 heterocycles. The Hall–Kier alpha value is -2.33. The van der Waals surface area contributed by atoms with Gasteiger partial charge in [0.15, 0.2) is 9.84 Å². The highest BCUT2D eigenvalue weighted by molar-refractivity contribution is 7.90. The minimum absolute atomic E-state index is 0.334. The van der Waals surface area contributed by atoms with Gasteiger partial charge in [0.1, 0.15) is 0 Å². The summed E-state index contributed by atoms with van der Waals surface area (Å²) in [5.41, 5.74) is 4.19. The Morgan fingerprint density at radius 1 is 0.909 bits per heavy atom. The van der Waals surface area contributed by atoms with Crippen LogP contribution >= 0.6 is 0 Å². The van der Waals surface area contributed by atoms with Crippen LogP contribution in [0.25, 0.3) is 16.9 Å². The van der Waals surface area contributed by atoms with Gasteiger partial charge in [0.05, 0.1) is 10.6 Å². The molecule has 3 nitrogen and oxygen atoms in total. The number of aryl methyl sites for hydroxylation is 1. The summed E-state index contributed by atoms with van der Waals surface area (Å²) in [6.45, 7) is 2.05. The van der Waals surface area contributed by atoms with Crippen LogP contribution in [0.15, 0.2) is 65.6 Å². The van der Waals surface area contributed by atoms with E-state index in [2.05, 4.69) is 16.7 Å². The summed E-state index contributed by atoms with van der Waals surface area (Å²) in [5, 5.41) is 0. The Bertz CT molecular complexity index is 892. The van der Waals surface area contributed by atoms with Crippen molar-refractivity contribution in [2.24, 2.45) is 0 Å². The van der Waals surface area contributed by atoms with E-state index in [0.717, 1.165) is 22.6 Å². The molecule has 0 aliphatic carbocycles. The van der Waals surface area contributed by atoms with Crippen molar-refractivity contribution < 1.29 is 8.42 Å². The summed E-state index contributed by atoms with van der Waals surface area (Å²) < 4.78 is 25.3. The largest absolute Gasteiger partial charge is 0.314 e. The van der Waals surface area contributed by atoms with Crippen molar-refractivity contribution in [3.8, 4) is 16.9 Å². The highest BCUT2D eigenvalue weighted by Crippen LogP contribution is 2.27. The second-order valence-electron chi connectivity index (χ2n) is 5.25. The molecule has 1 radical (unpaired) electrons. The average molecular weight is 310 g/mol. The van der Waals surface area contributed by atoms with Crippen molar-refractivity contribution in [2.75, 3.05) is 6.26 Å². The molecule has 3 aromatic rings. The minimum atomic E-state index is -3.17. The first-order chi connectivity index (χ1) is 10.5. The van der Waals surface area contributed by atoms with Crippen LogP contribution < -0.4 is 0 Å². The van der Waals surface area contributed by atoms with E-state index in [9.17, 15) is 8.42 Å². The Morgan fingerprint density at radius 3 is 2.14 bits per heavy atom. The molecule has 0 saturated carbocycles. The van der Waals surface area contributed by atoms with Gasteiger partial charge in [0.2, 0.25) is 0 Å². The Kier molecular flexibility index (Phi) is 3.62. The highest BCUT2D eigenvalue weighted by Gasteiger charge is 2.11. The van der Waals surface area contributed by atoms with Crippen molar-refractivity contribution in [2.45, 2.75) is 11.8 Å². The molecule has 0 aliphatic heterocycles. The van der Waals surface area contributed by atoms with E-state index in [1.165, 1.54) is 6.26 Å². The summed E-state index contributed by atoms with van der Waals surface area (Å²) in [5.74, 6) is 0. The van der Waals surface area contributed by atoms with E-state index in [-0.39, 0.29) is 0 Å². The van der Waals surface area contributed by atoms with Crippen molar-refractivity contribution in [1.82, 2.24) is 4.57 Å². The smallest absolute Gasteiger partial charge is 0.175 e. The van der Waals surface area contributed by atoms with Crippen LogP contribution in [0.1, 0.15) is 5.69 Å². The fourth-order valence-electron chi connectivity index (χ4n) is 2.51. The number of aromatic nitrogens is 1. The quantitative estimate of drug-likeness (QED) is 0.740. The van der Waals surface area contributed by atoms with Crippen LogP contribution in [0.2, 0.25) is 0 Å². The van der Waals surface area contributed by atoms with Gasteiger partial charge in [-0.05, 0) is 55.0 Å². The molecule has 3 rings (SSSR count). The van der Waals surface area contributed by atoms with Crippen molar-refractivity contribution >= 4 is 9.84 Å². The second kappa shape index (κ2) is 5.46. The number of nitrogens with zero attached hydrogens (tertiary/aromatic N) is 1. The standard InChI is InChI=1S/C18H16NO2S/c1-14-8-13-18(19(14)16-6-4-3-5-7-16)15-9-11-17(12-10-15)22(2,20)21/h4-13H,1-2H3. The zero-order valence-electron chi connectivity index (χ0n) is 12.4. The molecule has 22 heavy (non-hydrogen) atoms. The molecule has 0 unspecified atom stereocenters. The van der Waals surface area contributed by atoms with Gasteiger partial charge in [-0.2, -0.15) is 0 Å². The van der Waals surface area contributed by atoms with Crippen LogP contribution in [0.4, 0.5) is 0 Å². The van der Waals surface area contributed by atoms with Crippen LogP contribution in [-0.4, -0.2) is 19.2 Å². The van der Waals surface area contributed by atoms with Gasteiger partial charge in [0.25, 0.3) is 0 Å². The lowest BCUT2D eigenvalue weighted by Crippen LogP contribution is -2.00. The van der Waals surface area contributed by atoms with Crippen molar-refractivity contribution in [3.63, 3.8) is 0 Å². The molecule has 111 valence electrons. The third kappa shape index (κ3) is 2.70. The number of hydrogen-bond donors (Lipinski definition) is 0. The lowest BCUT2D eigenvalue weighted by atomic mass is 10.1. The number of hydrogen-bond acceptors (Lipinski definition) is 2. The van der Waals surface area contributed by atoms with E-state index in [1.807, 2.05) is 49.4 Å². The summed E-state index contributed by atoms with van der Waals surface area (Å²) in [4.78, 5) is 0.334. The Balaban J connectivity index is 2.11. The molecule has 4 heteroatoms. The zero-order valence-corrected chi connectivity index (χ0v) is 13.3. The van der Waals surface area contributed by atoms with E-state index in [4.69, 9.17) is 0 Å². The summed E-state index contributed by atoms with van der Waals surface area (Å²) in [6, 6.07) is 21.9. The summed E-state index contributed by atoms with van der Waals surface area (Å²) >= 11 is 0. The SMILES string of the molecule is Cc1ccc(-c2ccc(S(C)(=O)=O)cc2)n1-c1cc[c]cc1. The molecule has 0 spiro atoms. The second-order valence-corrected chi connectivity index (χ2v) is 7.27. The van der Waals surface area contributed by atoms with Crippen LogP contribution in [0, 0.1) is 13.0 Å².